The fraction of sp³-hybridized carbons (Fsp3) is 0.231. The first-order valence-corrected chi connectivity index (χ1v) is 5.66. The SMILES string of the molecule is Cn1cc(CNCc2ccccc2C(=O)O)cn1. The molecule has 1 aromatic heterocycles. The standard InChI is InChI=1S/C13H15N3O2/c1-16-9-10(7-15-16)6-14-8-11-4-2-3-5-12(11)13(17)18/h2-5,7,9,14H,6,8H2,1H3,(H,17,18). The Morgan fingerprint density at radius 2 is 2.17 bits per heavy atom. The van der Waals surface area contributed by atoms with Crippen LogP contribution in [0.3, 0.4) is 0 Å². The molecule has 1 aromatic carbocycles. The van der Waals surface area contributed by atoms with Gasteiger partial charge in [0, 0.05) is 31.9 Å². The Morgan fingerprint density at radius 3 is 2.83 bits per heavy atom. The van der Waals surface area contributed by atoms with Gasteiger partial charge in [-0.05, 0) is 11.6 Å². The zero-order valence-electron chi connectivity index (χ0n) is 10.1. The zero-order valence-corrected chi connectivity index (χ0v) is 10.1. The summed E-state index contributed by atoms with van der Waals surface area (Å²) >= 11 is 0. The first-order chi connectivity index (χ1) is 8.66. The van der Waals surface area contributed by atoms with E-state index in [-0.39, 0.29) is 0 Å². The molecule has 2 rings (SSSR count). The van der Waals surface area contributed by atoms with Crippen LogP contribution in [0.4, 0.5) is 0 Å². The maximum Gasteiger partial charge on any atom is 0.336 e. The van der Waals surface area contributed by atoms with Crippen LogP contribution >= 0.6 is 0 Å². The van der Waals surface area contributed by atoms with Crippen LogP contribution in [0.15, 0.2) is 36.7 Å². The summed E-state index contributed by atoms with van der Waals surface area (Å²) in [6.45, 7) is 1.19. The summed E-state index contributed by atoms with van der Waals surface area (Å²) < 4.78 is 1.74. The predicted octanol–water partition coefficient (Wildman–Crippen LogP) is 1.41. The smallest absolute Gasteiger partial charge is 0.336 e. The lowest BCUT2D eigenvalue weighted by Gasteiger charge is -2.06. The van der Waals surface area contributed by atoms with Crippen molar-refractivity contribution in [2.24, 2.45) is 7.05 Å². The van der Waals surface area contributed by atoms with Gasteiger partial charge in [-0.3, -0.25) is 4.68 Å². The molecule has 5 heteroatoms. The third-order valence-corrected chi connectivity index (χ3v) is 2.65. The van der Waals surface area contributed by atoms with Crippen molar-refractivity contribution >= 4 is 5.97 Å². The minimum Gasteiger partial charge on any atom is -0.478 e. The van der Waals surface area contributed by atoms with E-state index in [9.17, 15) is 4.79 Å². The van der Waals surface area contributed by atoms with E-state index in [4.69, 9.17) is 5.11 Å². The molecule has 5 nitrogen and oxygen atoms in total. The lowest BCUT2D eigenvalue weighted by atomic mass is 10.1. The molecule has 0 bridgehead atoms. The Morgan fingerprint density at radius 1 is 1.39 bits per heavy atom. The average molecular weight is 245 g/mol. The molecular formula is C13H15N3O2. The summed E-state index contributed by atoms with van der Waals surface area (Å²) in [5, 5.41) is 16.3. The van der Waals surface area contributed by atoms with E-state index in [1.807, 2.05) is 25.4 Å². The highest BCUT2D eigenvalue weighted by molar-refractivity contribution is 5.89. The van der Waals surface area contributed by atoms with Crippen molar-refractivity contribution in [3.63, 3.8) is 0 Å². The number of benzene rings is 1. The van der Waals surface area contributed by atoms with Gasteiger partial charge in [0.1, 0.15) is 0 Å². The summed E-state index contributed by atoms with van der Waals surface area (Å²) in [7, 11) is 1.86. The second-order valence-electron chi connectivity index (χ2n) is 4.09. The van der Waals surface area contributed by atoms with Gasteiger partial charge in [-0.1, -0.05) is 18.2 Å². The van der Waals surface area contributed by atoms with Gasteiger partial charge in [-0.2, -0.15) is 5.10 Å². The van der Waals surface area contributed by atoms with Crippen molar-refractivity contribution in [2.45, 2.75) is 13.1 Å². The van der Waals surface area contributed by atoms with Gasteiger partial charge in [0.2, 0.25) is 0 Å². The molecule has 2 N–H and O–H groups in total. The molecule has 0 saturated heterocycles. The molecule has 0 unspecified atom stereocenters. The Bertz CT molecular complexity index is 549. The number of aromatic nitrogens is 2. The average Bonchev–Trinajstić information content (AvgIpc) is 2.75. The van der Waals surface area contributed by atoms with Gasteiger partial charge in [0.25, 0.3) is 0 Å². The van der Waals surface area contributed by atoms with Crippen molar-refractivity contribution in [2.75, 3.05) is 0 Å². The van der Waals surface area contributed by atoms with Crippen molar-refractivity contribution in [1.29, 1.82) is 0 Å². The normalized spacial score (nSPS) is 10.5. The van der Waals surface area contributed by atoms with Crippen LogP contribution in [-0.4, -0.2) is 20.9 Å². The minimum absolute atomic E-state index is 0.344. The Kier molecular flexibility index (Phi) is 3.74. The molecule has 0 spiro atoms. The molecule has 0 amide bonds. The second kappa shape index (κ2) is 5.46. The summed E-state index contributed by atoms with van der Waals surface area (Å²) in [5.74, 6) is -0.895. The number of carboxylic acids is 1. The second-order valence-corrected chi connectivity index (χ2v) is 4.09. The molecule has 18 heavy (non-hydrogen) atoms. The first-order valence-electron chi connectivity index (χ1n) is 5.66. The molecule has 0 fully saturated rings. The zero-order chi connectivity index (χ0) is 13.0. The number of nitrogens with one attached hydrogen (secondary N) is 1. The summed E-state index contributed by atoms with van der Waals surface area (Å²) in [6.07, 6.45) is 3.71. The highest BCUT2D eigenvalue weighted by atomic mass is 16.4. The van der Waals surface area contributed by atoms with E-state index < -0.39 is 5.97 Å². The fourth-order valence-corrected chi connectivity index (χ4v) is 1.79. The molecule has 0 aliphatic heterocycles. The lowest BCUT2D eigenvalue weighted by Crippen LogP contribution is -2.15. The Balaban J connectivity index is 1.96. The van der Waals surface area contributed by atoms with Crippen molar-refractivity contribution < 1.29 is 9.90 Å². The monoisotopic (exact) mass is 245 g/mol. The number of aryl methyl sites for hydroxylation is 1. The predicted molar refractivity (Wildman–Crippen MR) is 67.2 cm³/mol. The Hall–Kier alpha value is -2.14. The third kappa shape index (κ3) is 2.95. The molecule has 94 valence electrons. The van der Waals surface area contributed by atoms with Gasteiger partial charge >= 0.3 is 5.97 Å². The molecule has 0 aliphatic carbocycles. The largest absolute Gasteiger partial charge is 0.478 e. The van der Waals surface area contributed by atoms with Crippen molar-refractivity contribution in [3.8, 4) is 0 Å². The summed E-state index contributed by atoms with van der Waals surface area (Å²) in [6, 6.07) is 7.00. The number of hydrogen-bond donors (Lipinski definition) is 2. The maximum absolute atomic E-state index is 11.0. The van der Waals surface area contributed by atoms with Gasteiger partial charge in [0.15, 0.2) is 0 Å². The molecule has 2 aromatic rings. The van der Waals surface area contributed by atoms with Gasteiger partial charge in [-0.25, -0.2) is 4.79 Å². The molecule has 0 radical (unpaired) electrons. The van der Waals surface area contributed by atoms with Crippen molar-refractivity contribution in [1.82, 2.24) is 15.1 Å². The topological polar surface area (TPSA) is 67.2 Å². The van der Waals surface area contributed by atoms with E-state index >= 15 is 0 Å². The van der Waals surface area contributed by atoms with E-state index in [2.05, 4.69) is 10.4 Å². The molecular weight excluding hydrogens is 230 g/mol. The number of aromatic carboxylic acids is 1. The summed E-state index contributed by atoms with van der Waals surface area (Å²) in [5.41, 5.74) is 2.20. The van der Waals surface area contributed by atoms with Crippen LogP contribution in [-0.2, 0) is 20.1 Å². The van der Waals surface area contributed by atoms with Crippen LogP contribution in [0, 0.1) is 0 Å². The highest BCUT2D eigenvalue weighted by Crippen LogP contribution is 2.08. The highest BCUT2D eigenvalue weighted by Gasteiger charge is 2.08. The van der Waals surface area contributed by atoms with Crippen LogP contribution < -0.4 is 5.32 Å². The van der Waals surface area contributed by atoms with Gasteiger partial charge < -0.3 is 10.4 Å². The fourth-order valence-electron chi connectivity index (χ4n) is 1.79. The van der Waals surface area contributed by atoms with E-state index in [1.165, 1.54) is 0 Å². The van der Waals surface area contributed by atoms with Crippen LogP contribution in [0.25, 0.3) is 0 Å². The Labute approximate surface area is 105 Å². The van der Waals surface area contributed by atoms with Crippen LogP contribution in [0.1, 0.15) is 21.5 Å². The number of nitrogens with zero attached hydrogens (tertiary/aromatic N) is 2. The van der Waals surface area contributed by atoms with Gasteiger partial charge in [0.05, 0.1) is 11.8 Å². The molecule has 0 aliphatic rings. The number of hydrogen-bond acceptors (Lipinski definition) is 3. The van der Waals surface area contributed by atoms with Crippen LogP contribution in [0.2, 0.25) is 0 Å². The molecule has 1 heterocycles. The number of carboxylic acid groups (broad SMARTS) is 1. The maximum atomic E-state index is 11.0. The molecule has 0 saturated carbocycles. The number of carbonyl (C=O) groups is 1. The lowest BCUT2D eigenvalue weighted by molar-refractivity contribution is 0.0695. The van der Waals surface area contributed by atoms with E-state index in [0.717, 1.165) is 11.1 Å². The first kappa shape index (κ1) is 12.3. The van der Waals surface area contributed by atoms with E-state index in [1.54, 1.807) is 23.0 Å². The summed E-state index contributed by atoms with van der Waals surface area (Å²) in [4.78, 5) is 11.0. The number of rotatable bonds is 5. The quantitative estimate of drug-likeness (QED) is 0.835. The minimum atomic E-state index is -0.895. The molecule has 0 atom stereocenters. The van der Waals surface area contributed by atoms with Gasteiger partial charge in [-0.15, -0.1) is 0 Å². The third-order valence-electron chi connectivity index (χ3n) is 2.65. The van der Waals surface area contributed by atoms with Crippen LogP contribution in [0.5, 0.6) is 0 Å². The van der Waals surface area contributed by atoms with Crippen molar-refractivity contribution in [3.05, 3.63) is 53.3 Å². The van der Waals surface area contributed by atoms with E-state index in [0.29, 0.717) is 18.7 Å².